The van der Waals surface area contributed by atoms with Gasteiger partial charge in [-0.1, -0.05) is 17.7 Å². The first kappa shape index (κ1) is 22.9. The lowest BCUT2D eigenvalue weighted by atomic mass is 10.1. The van der Waals surface area contributed by atoms with Crippen LogP contribution < -0.4 is 20.0 Å². The molecule has 1 saturated carbocycles. The van der Waals surface area contributed by atoms with Crippen molar-refractivity contribution in [1.29, 1.82) is 0 Å². The predicted octanol–water partition coefficient (Wildman–Crippen LogP) is 3.58. The Hall–Kier alpha value is -4.28. The molecule has 2 aliphatic heterocycles. The van der Waals surface area contributed by atoms with Gasteiger partial charge in [0.15, 0.2) is 11.6 Å². The summed E-state index contributed by atoms with van der Waals surface area (Å²) in [5, 5.41) is 9.68. The standard InChI is InChI=1S/C27H28FN9O/c1-17-10-19-4-5-22(26(28)21(19)11-17)38-27-33-24(32-23-12-20(14-30-23)18-2-3-18)13-25(34-27)35-6-8-36(9-7-35)37-16-29-15-31-37/h4-5,11-13,15-16,18H,2-3,6-10,14H2,1H3,(H,30,32,33,34). The summed E-state index contributed by atoms with van der Waals surface area (Å²) in [4.78, 5) is 21.9. The van der Waals surface area contributed by atoms with E-state index in [0.29, 0.717) is 23.1 Å². The lowest BCUT2D eigenvalue weighted by Crippen LogP contribution is -2.51. The van der Waals surface area contributed by atoms with E-state index in [9.17, 15) is 0 Å². The molecule has 11 heteroatoms. The molecule has 194 valence electrons. The quantitative estimate of drug-likeness (QED) is 0.535. The largest absolute Gasteiger partial charge is 0.421 e. The Bertz CT molecular complexity index is 1470. The number of fused-ring (bicyclic) bond motifs is 1. The summed E-state index contributed by atoms with van der Waals surface area (Å²) in [6.45, 7) is 5.67. The summed E-state index contributed by atoms with van der Waals surface area (Å²) in [7, 11) is 0. The van der Waals surface area contributed by atoms with E-state index in [-0.39, 0.29) is 17.6 Å². The number of halogens is 1. The Morgan fingerprint density at radius 2 is 1.95 bits per heavy atom. The maximum Gasteiger partial charge on any atom is 0.326 e. The second-order valence-corrected chi connectivity index (χ2v) is 10.2. The zero-order chi connectivity index (χ0) is 25.6. The molecule has 10 nitrogen and oxygen atoms in total. The molecule has 0 atom stereocenters. The second kappa shape index (κ2) is 9.23. The number of benzene rings is 1. The number of nitrogens with one attached hydrogen (secondary N) is 1. The van der Waals surface area contributed by atoms with Gasteiger partial charge in [-0.05, 0) is 55.4 Å². The van der Waals surface area contributed by atoms with Gasteiger partial charge in [-0.3, -0.25) is 10.0 Å². The molecule has 3 aromatic rings. The number of hydrogen-bond donors (Lipinski definition) is 1. The maximum absolute atomic E-state index is 15.3. The van der Waals surface area contributed by atoms with Crippen molar-refractivity contribution in [2.24, 2.45) is 10.9 Å². The summed E-state index contributed by atoms with van der Waals surface area (Å²) >= 11 is 0. The molecule has 1 aromatic carbocycles. The smallest absolute Gasteiger partial charge is 0.326 e. The molecule has 0 radical (unpaired) electrons. The first-order valence-corrected chi connectivity index (χ1v) is 13.0. The molecule has 2 aliphatic carbocycles. The lowest BCUT2D eigenvalue weighted by Gasteiger charge is -2.35. The molecule has 0 bridgehead atoms. The van der Waals surface area contributed by atoms with Gasteiger partial charge in [-0.15, -0.1) is 5.10 Å². The first-order chi connectivity index (χ1) is 18.6. The van der Waals surface area contributed by atoms with Crippen LogP contribution in [0.15, 0.2) is 53.1 Å². The van der Waals surface area contributed by atoms with Crippen molar-refractivity contribution in [2.75, 3.05) is 47.9 Å². The van der Waals surface area contributed by atoms with E-state index in [1.165, 1.54) is 24.7 Å². The van der Waals surface area contributed by atoms with E-state index < -0.39 is 0 Å². The van der Waals surface area contributed by atoms with Gasteiger partial charge in [0.25, 0.3) is 0 Å². The third-order valence-corrected chi connectivity index (χ3v) is 7.38. The van der Waals surface area contributed by atoms with Crippen LogP contribution >= 0.6 is 0 Å². The van der Waals surface area contributed by atoms with E-state index in [0.717, 1.165) is 56.1 Å². The van der Waals surface area contributed by atoms with Crippen LogP contribution in [0, 0.1) is 11.7 Å². The van der Waals surface area contributed by atoms with Crippen molar-refractivity contribution >= 4 is 23.5 Å². The first-order valence-electron chi connectivity index (χ1n) is 13.0. The summed E-state index contributed by atoms with van der Waals surface area (Å²) in [6, 6.07) is 5.55. The van der Waals surface area contributed by atoms with Gasteiger partial charge in [0.2, 0.25) is 0 Å². The van der Waals surface area contributed by atoms with E-state index in [4.69, 9.17) is 4.74 Å². The molecule has 0 unspecified atom stereocenters. The molecular formula is C27H28FN9O. The second-order valence-electron chi connectivity index (χ2n) is 10.2. The van der Waals surface area contributed by atoms with Crippen LogP contribution in [0.5, 0.6) is 11.8 Å². The number of aromatic nitrogens is 5. The van der Waals surface area contributed by atoms with Crippen LogP contribution in [-0.4, -0.2) is 63.4 Å². The van der Waals surface area contributed by atoms with Crippen LogP contribution in [0.25, 0.3) is 6.08 Å². The predicted molar refractivity (Wildman–Crippen MR) is 143 cm³/mol. The van der Waals surface area contributed by atoms with Crippen molar-refractivity contribution in [1.82, 2.24) is 24.8 Å². The van der Waals surface area contributed by atoms with Gasteiger partial charge in [-0.2, -0.15) is 14.8 Å². The SMILES string of the molecule is CC1=Cc2c(ccc(Oc3nc(NC4=NCC(C5CC5)=C4)cc(N4CCN(n5cncn5)CC4)n3)c2F)C1. The molecule has 1 N–H and O–H groups in total. The highest BCUT2D eigenvalue weighted by Gasteiger charge is 2.28. The molecule has 1 saturated heterocycles. The number of ether oxygens (including phenoxy) is 1. The van der Waals surface area contributed by atoms with Gasteiger partial charge < -0.3 is 15.0 Å². The summed E-state index contributed by atoms with van der Waals surface area (Å²) in [6.07, 6.45) is 10.5. The highest BCUT2D eigenvalue weighted by Crippen LogP contribution is 2.38. The topological polar surface area (TPSA) is 96.6 Å². The average Bonchev–Trinajstić information content (AvgIpc) is 3.28. The molecule has 0 spiro atoms. The molecule has 7 rings (SSSR count). The number of piperazine rings is 1. The van der Waals surface area contributed by atoms with Crippen molar-refractivity contribution in [3.05, 3.63) is 65.0 Å². The Morgan fingerprint density at radius 3 is 2.74 bits per heavy atom. The Balaban J connectivity index is 1.16. The summed E-state index contributed by atoms with van der Waals surface area (Å²) < 4.78 is 21.3. The summed E-state index contributed by atoms with van der Waals surface area (Å²) in [5.41, 5.74) is 4.04. The molecule has 2 aromatic heterocycles. The Morgan fingerprint density at radius 1 is 1.08 bits per heavy atom. The third-order valence-electron chi connectivity index (χ3n) is 7.38. The fraction of sp³-hybridized carbons (Fsp3) is 0.370. The Labute approximate surface area is 219 Å². The van der Waals surface area contributed by atoms with Crippen LogP contribution in [0.1, 0.15) is 30.9 Å². The zero-order valence-electron chi connectivity index (χ0n) is 21.1. The minimum Gasteiger partial charge on any atom is -0.421 e. The van der Waals surface area contributed by atoms with Gasteiger partial charge >= 0.3 is 6.01 Å². The lowest BCUT2D eigenvalue weighted by molar-refractivity contribution is 0.410. The fourth-order valence-electron chi connectivity index (χ4n) is 5.21. The number of allylic oxidation sites excluding steroid dienone is 1. The van der Waals surface area contributed by atoms with Gasteiger partial charge in [-0.25, -0.2) is 9.37 Å². The van der Waals surface area contributed by atoms with E-state index in [2.05, 4.69) is 46.3 Å². The van der Waals surface area contributed by atoms with Crippen molar-refractivity contribution < 1.29 is 9.13 Å². The number of aliphatic imine (C=N–C) groups is 1. The number of amidine groups is 1. The van der Waals surface area contributed by atoms with Gasteiger partial charge in [0.1, 0.15) is 30.1 Å². The molecule has 4 aliphatic rings. The molecule has 38 heavy (non-hydrogen) atoms. The Kier molecular flexibility index (Phi) is 5.56. The number of anilines is 2. The van der Waals surface area contributed by atoms with Crippen LogP contribution in [0.4, 0.5) is 16.0 Å². The van der Waals surface area contributed by atoms with Crippen molar-refractivity contribution in [3.63, 3.8) is 0 Å². The average molecular weight is 514 g/mol. The minimum atomic E-state index is -0.388. The highest BCUT2D eigenvalue weighted by atomic mass is 19.1. The van der Waals surface area contributed by atoms with Gasteiger partial charge in [0, 0.05) is 24.7 Å². The fourth-order valence-corrected chi connectivity index (χ4v) is 5.21. The van der Waals surface area contributed by atoms with Crippen molar-refractivity contribution in [3.8, 4) is 11.8 Å². The maximum atomic E-state index is 15.3. The monoisotopic (exact) mass is 513 g/mol. The molecule has 0 amide bonds. The van der Waals surface area contributed by atoms with Crippen LogP contribution in [0.3, 0.4) is 0 Å². The third kappa shape index (κ3) is 4.48. The van der Waals surface area contributed by atoms with Crippen LogP contribution in [-0.2, 0) is 6.42 Å². The van der Waals surface area contributed by atoms with Crippen molar-refractivity contribution in [2.45, 2.75) is 26.2 Å². The molecular weight excluding hydrogens is 485 g/mol. The van der Waals surface area contributed by atoms with E-state index in [1.807, 2.05) is 25.1 Å². The number of nitrogens with zero attached hydrogens (tertiary/aromatic N) is 8. The highest BCUT2D eigenvalue weighted by molar-refractivity contribution is 6.05. The zero-order valence-corrected chi connectivity index (χ0v) is 21.1. The van der Waals surface area contributed by atoms with Crippen LogP contribution in [0.2, 0.25) is 0 Å². The molecule has 4 heterocycles. The van der Waals surface area contributed by atoms with E-state index >= 15 is 4.39 Å². The van der Waals surface area contributed by atoms with E-state index in [1.54, 1.807) is 17.2 Å². The summed E-state index contributed by atoms with van der Waals surface area (Å²) in [5.74, 6) is 2.44. The van der Waals surface area contributed by atoms with Gasteiger partial charge in [0.05, 0.1) is 19.6 Å². The molecule has 2 fully saturated rings. The number of hydrogen-bond acceptors (Lipinski definition) is 9. The normalized spacial score (nSPS) is 18.7. The number of rotatable bonds is 6. The minimum absolute atomic E-state index is 0.0891.